The summed E-state index contributed by atoms with van der Waals surface area (Å²) >= 11 is 1.48. The molecular formula is C13H17N7OS. The van der Waals surface area contributed by atoms with Crippen molar-refractivity contribution in [3.8, 4) is 0 Å². The molecule has 8 nitrogen and oxygen atoms in total. The molecule has 0 aliphatic carbocycles. The lowest BCUT2D eigenvalue weighted by Gasteiger charge is -2.24. The van der Waals surface area contributed by atoms with Gasteiger partial charge in [0.1, 0.15) is 23.1 Å². The third-order valence-electron chi connectivity index (χ3n) is 3.12. The van der Waals surface area contributed by atoms with Crippen molar-refractivity contribution in [1.29, 1.82) is 0 Å². The van der Waals surface area contributed by atoms with Gasteiger partial charge in [0.05, 0.1) is 0 Å². The minimum absolute atomic E-state index is 0.122. The van der Waals surface area contributed by atoms with Gasteiger partial charge in [0.2, 0.25) is 11.0 Å². The molecule has 3 N–H and O–H groups in total. The molecule has 1 amide bonds. The molecule has 0 saturated carbocycles. The van der Waals surface area contributed by atoms with Gasteiger partial charge in [-0.1, -0.05) is 25.2 Å². The largest absolute Gasteiger partial charge is 0.357 e. The van der Waals surface area contributed by atoms with E-state index in [4.69, 9.17) is 0 Å². The van der Waals surface area contributed by atoms with Gasteiger partial charge in [-0.3, -0.25) is 4.79 Å². The predicted molar refractivity (Wildman–Crippen MR) is 85.5 cm³/mol. The lowest BCUT2D eigenvalue weighted by atomic mass is 10.1. The van der Waals surface area contributed by atoms with Crippen molar-refractivity contribution in [2.24, 2.45) is 5.92 Å². The van der Waals surface area contributed by atoms with Crippen LogP contribution in [0.15, 0.2) is 6.33 Å². The van der Waals surface area contributed by atoms with Gasteiger partial charge in [-0.2, -0.15) is 0 Å². The fourth-order valence-corrected chi connectivity index (χ4v) is 3.00. The zero-order valence-electron chi connectivity index (χ0n) is 12.5. The highest BCUT2D eigenvalue weighted by atomic mass is 32.1. The molecule has 3 rings (SSSR count). The highest BCUT2D eigenvalue weighted by molar-refractivity contribution is 7.15. The van der Waals surface area contributed by atoms with Gasteiger partial charge in [0.15, 0.2) is 11.6 Å². The minimum Gasteiger partial charge on any atom is -0.357 e. The van der Waals surface area contributed by atoms with Crippen LogP contribution in [0.2, 0.25) is 0 Å². The van der Waals surface area contributed by atoms with Gasteiger partial charge in [0.25, 0.3) is 0 Å². The summed E-state index contributed by atoms with van der Waals surface area (Å²) < 4.78 is 0. The van der Waals surface area contributed by atoms with Crippen molar-refractivity contribution < 1.29 is 4.79 Å². The molecule has 0 fully saturated rings. The van der Waals surface area contributed by atoms with Crippen LogP contribution in [0.3, 0.4) is 0 Å². The summed E-state index contributed by atoms with van der Waals surface area (Å²) in [5.74, 6) is 1.50. The van der Waals surface area contributed by atoms with Gasteiger partial charge >= 0.3 is 0 Å². The molecule has 2 aromatic heterocycles. The van der Waals surface area contributed by atoms with E-state index in [1.54, 1.807) is 6.92 Å². The van der Waals surface area contributed by atoms with Crippen LogP contribution in [-0.4, -0.2) is 32.1 Å². The molecule has 116 valence electrons. The molecule has 1 unspecified atom stereocenters. The Balaban J connectivity index is 1.83. The van der Waals surface area contributed by atoms with Crippen molar-refractivity contribution in [2.75, 3.05) is 16.0 Å². The third kappa shape index (κ3) is 2.98. The van der Waals surface area contributed by atoms with Crippen LogP contribution < -0.4 is 16.0 Å². The van der Waals surface area contributed by atoms with Crippen LogP contribution in [-0.2, 0) is 11.2 Å². The summed E-state index contributed by atoms with van der Waals surface area (Å²) in [5.41, 5.74) is 0.534. The van der Waals surface area contributed by atoms with E-state index in [-0.39, 0.29) is 11.9 Å². The number of rotatable bonds is 4. The quantitative estimate of drug-likeness (QED) is 0.792. The Kier molecular flexibility index (Phi) is 3.88. The van der Waals surface area contributed by atoms with E-state index in [0.29, 0.717) is 28.4 Å². The zero-order chi connectivity index (χ0) is 15.7. The second-order valence-electron chi connectivity index (χ2n) is 5.53. The van der Waals surface area contributed by atoms with Crippen LogP contribution in [0, 0.1) is 5.92 Å². The van der Waals surface area contributed by atoms with Gasteiger partial charge in [-0.15, -0.1) is 10.2 Å². The molecule has 9 heteroatoms. The maximum absolute atomic E-state index is 11.8. The van der Waals surface area contributed by atoms with E-state index in [0.717, 1.165) is 11.4 Å². The fourth-order valence-electron chi connectivity index (χ4n) is 2.05. The molecule has 22 heavy (non-hydrogen) atoms. The number of aromatic nitrogens is 4. The first kappa shape index (κ1) is 14.6. The molecule has 0 bridgehead atoms. The second kappa shape index (κ2) is 5.84. The summed E-state index contributed by atoms with van der Waals surface area (Å²) in [7, 11) is 0. The average molecular weight is 319 g/mol. The Labute approximate surface area is 131 Å². The standard InChI is InChI=1S/C13H17N7OS/c1-6(2)4-8-19-20-13(22-8)18-11-9-10(14-5-15-11)16-7(3)12(21)17-9/h5-7H,4H2,1-3H3,(H,17,21)(H2,14,15,16,18,20). The van der Waals surface area contributed by atoms with Crippen LogP contribution in [0.25, 0.3) is 0 Å². The average Bonchev–Trinajstić information content (AvgIpc) is 2.87. The topological polar surface area (TPSA) is 105 Å². The monoisotopic (exact) mass is 319 g/mol. The first-order valence-corrected chi connectivity index (χ1v) is 7.86. The Morgan fingerprint density at radius 1 is 1.36 bits per heavy atom. The summed E-state index contributed by atoms with van der Waals surface area (Å²) in [5, 5.41) is 18.8. The van der Waals surface area contributed by atoms with Crippen molar-refractivity contribution >= 4 is 39.7 Å². The molecule has 1 atom stereocenters. The summed E-state index contributed by atoms with van der Waals surface area (Å²) in [6, 6.07) is -0.325. The number of hydrogen-bond acceptors (Lipinski definition) is 8. The van der Waals surface area contributed by atoms with Gasteiger partial charge < -0.3 is 16.0 Å². The van der Waals surface area contributed by atoms with Crippen molar-refractivity contribution in [3.63, 3.8) is 0 Å². The molecule has 2 aromatic rings. The van der Waals surface area contributed by atoms with E-state index < -0.39 is 0 Å². The number of amides is 1. The molecule has 0 aromatic carbocycles. The van der Waals surface area contributed by atoms with Crippen LogP contribution >= 0.6 is 11.3 Å². The van der Waals surface area contributed by atoms with Crippen molar-refractivity contribution in [3.05, 3.63) is 11.3 Å². The Morgan fingerprint density at radius 3 is 2.95 bits per heavy atom. The molecule has 1 aliphatic heterocycles. The van der Waals surface area contributed by atoms with Gasteiger partial charge in [-0.25, -0.2) is 9.97 Å². The lowest BCUT2D eigenvalue weighted by molar-refractivity contribution is -0.116. The van der Waals surface area contributed by atoms with Crippen LogP contribution in [0.4, 0.5) is 22.5 Å². The summed E-state index contributed by atoms with van der Waals surface area (Å²) in [6.07, 6.45) is 2.32. The van der Waals surface area contributed by atoms with E-state index in [1.165, 1.54) is 17.7 Å². The third-order valence-corrected chi connectivity index (χ3v) is 3.98. The van der Waals surface area contributed by atoms with E-state index in [1.807, 2.05) is 0 Å². The Hall–Kier alpha value is -2.29. The molecular weight excluding hydrogens is 302 g/mol. The van der Waals surface area contributed by atoms with Crippen LogP contribution in [0.5, 0.6) is 0 Å². The van der Waals surface area contributed by atoms with Gasteiger partial charge in [-0.05, 0) is 12.8 Å². The molecule has 0 radical (unpaired) electrons. The molecule has 3 heterocycles. The first-order valence-electron chi connectivity index (χ1n) is 7.04. The van der Waals surface area contributed by atoms with E-state index in [9.17, 15) is 4.79 Å². The summed E-state index contributed by atoms with van der Waals surface area (Å²) in [4.78, 5) is 20.1. The van der Waals surface area contributed by atoms with Crippen molar-refractivity contribution in [1.82, 2.24) is 20.2 Å². The number of anilines is 4. The predicted octanol–water partition coefficient (Wildman–Crippen LogP) is 2.02. The summed E-state index contributed by atoms with van der Waals surface area (Å²) in [6.45, 7) is 6.05. The Morgan fingerprint density at radius 2 is 2.18 bits per heavy atom. The molecule has 1 aliphatic rings. The number of nitrogens with one attached hydrogen (secondary N) is 3. The maximum Gasteiger partial charge on any atom is 0.246 e. The second-order valence-corrected chi connectivity index (χ2v) is 6.59. The normalized spacial score (nSPS) is 16.9. The van der Waals surface area contributed by atoms with E-state index >= 15 is 0 Å². The van der Waals surface area contributed by atoms with E-state index in [2.05, 4.69) is 50.0 Å². The minimum atomic E-state index is -0.325. The smallest absolute Gasteiger partial charge is 0.246 e. The number of nitrogens with zero attached hydrogens (tertiary/aromatic N) is 4. The SMILES string of the molecule is CC(C)Cc1nnc(Nc2ncnc3c2NC(=O)C(C)N3)s1. The number of hydrogen-bond donors (Lipinski definition) is 3. The van der Waals surface area contributed by atoms with Crippen molar-refractivity contribution in [2.45, 2.75) is 33.2 Å². The lowest BCUT2D eigenvalue weighted by Crippen LogP contribution is -2.37. The highest BCUT2D eigenvalue weighted by Gasteiger charge is 2.25. The fraction of sp³-hybridized carbons (Fsp3) is 0.462. The maximum atomic E-state index is 11.8. The Bertz CT molecular complexity index is 699. The highest BCUT2D eigenvalue weighted by Crippen LogP contribution is 2.32. The first-order chi connectivity index (χ1) is 10.5. The molecule has 0 spiro atoms. The number of carbonyl (C=O) groups is 1. The number of carbonyl (C=O) groups excluding carboxylic acids is 1. The number of fused-ring (bicyclic) bond motifs is 1. The zero-order valence-corrected chi connectivity index (χ0v) is 13.4. The van der Waals surface area contributed by atoms with Gasteiger partial charge in [0, 0.05) is 6.42 Å². The van der Waals surface area contributed by atoms with Crippen LogP contribution in [0.1, 0.15) is 25.8 Å². The molecule has 0 saturated heterocycles.